The highest BCUT2D eigenvalue weighted by atomic mass is 35.5. The van der Waals surface area contributed by atoms with E-state index in [1.165, 1.54) is 4.57 Å². The topological polar surface area (TPSA) is 52.0 Å². The van der Waals surface area contributed by atoms with E-state index in [0.717, 1.165) is 11.8 Å². The number of aromatic nitrogens is 2. The van der Waals surface area contributed by atoms with Crippen LogP contribution in [0.3, 0.4) is 0 Å². The SMILES string of the molecule is Cc1ccc(Cl)c2c(=O)n(-c3cccc(C=O)c3)c(C)nc12. The van der Waals surface area contributed by atoms with Crippen LogP contribution in [0.1, 0.15) is 21.7 Å². The number of aryl methyl sites for hydroxylation is 2. The normalized spacial score (nSPS) is 10.9. The number of rotatable bonds is 2. The minimum Gasteiger partial charge on any atom is -0.298 e. The van der Waals surface area contributed by atoms with Gasteiger partial charge < -0.3 is 0 Å². The van der Waals surface area contributed by atoms with Crippen LogP contribution in [0.5, 0.6) is 0 Å². The molecule has 0 amide bonds. The molecule has 0 aliphatic heterocycles. The van der Waals surface area contributed by atoms with E-state index in [1.54, 1.807) is 37.3 Å². The minimum absolute atomic E-state index is 0.237. The lowest BCUT2D eigenvalue weighted by Crippen LogP contribution is -2.23. The number of hydrogen-bond acceptors (Lipinski definition) is 3. The molecule has 0 N–H and O–H groups in total. The molecule has 1 aromatic heterocycles. The molecule has 0 saturated heterocycles. The molecule has 2 aromatic carbocycles. The molecule has 0 spiro atoms. The lowest BCUT2D eigenvalue weighted by atomic mass is 10.1. The molecule has 0 fully saturated rings. The van der Waals surface area contributed by atoms with Gasteiger partial charge in [0.2, 0.25) is 0 Å². The maximum absolute atomic E-state index is 12.9. The summed E-state index contributed by atoms with van der Waals surface area (Å²) in [5, 5.41) is 0.766. The van der Waals surface area contributed by atoms with Crippen LogP contribution < -0.4 is 5.56 Å². The van der Waals surface area contributed by atoms with Crippen LogP contribution in [0, 0.1) is 13.8 Å². The van der Waals surface area contributed by atoms with Crippen LogP contribution in [0.2, 0.25) is 5.02 Å². The van der Waals surface area contributed by atoms with E-state index in [2.05, 4.69) is 4.98 Å². The predicted molar refractivity (Wildman–Crippen MR) is 87.2 cm³/mol. The molecule has 0 radical (unpaired) electrons. The first-order valence-corrected chi connectivity index (χ1v) is 7.15. The van der Waals surface area contributed by atoms with Crippen molar-refractivity contribution in [3.05, 3.63) is 68.7 Å². The fraction of sp³-hybridized carbons (Fsp3) is 0.118. The number of carbonyl (C=O) groups excluding carboxylic acids is 1. The number of benzene rings is 2. The summed E-state index contributed by atoms with van der Waals surface area (Å²) < 4.78 is 1.47. The molecular weight excluding hydrogens is 300 g/mol. The Morgan fingerprint density at radius 2 is 1.95 bits per heavy atom. The number of nitrogens with zero attached hydrogens (tertiary/aromatic N) is 2. The average molecular weight is 313 g/mol. The molecule has 110 valence electrons. The summed E-state index contributed by atoms with van der Waals surface area (Å²) in [6.45, 7) is 3.65. The average Bonchev–Trinajstić information content (AvgIpc) is 2.51. The van der Waals surface area contributed by atoms with Crippen LogP contribution >= 0.6 is 11.6 Å². The van der Waals surface area contributed by atoms with Crippen molar-refractivity contribution in [1.82, 2.24) is 9.55 Å². The molecule has 0 atom stereocenters. The Labute approximate surface area is 132 Å². The van der Waals surface area contributed by atoms with Gasteiger partial charge in [0.05, 0.1) is 21.6 Å². The zero-order valence-corrected chi connectivity index (χ0v) is 12.9. The first kappa shape index (κ1) is 14.5. The standard InChI is InChI=1S/C17H13ClN2O2/c1-10-6-7-14(18)15-16(10)19-11(2)20(17(15)22)13-5-3-4-12(8-13)9-21/h3-9H,1-2H3. The van der Waals surface area contributed by atoms with Crippen LogP contribution in [-0.2, 0) is 0 Å². The Morgan fingerprint density at radius 3 is 2.68 bits per heavy atom. The van der Waals surface area contributed by atoms with Crippen molar-refractivity contribution in [3.8, 4) is 5.69 Å². The Hall–Kier alpha value is -2.46. The summed E-state index contributed by atoms with van der Waals surface area (Å²) in [6.07, 6.45) is 0.746. The molecule has 0 saturated carbocycles. The second-order valence-electron chi connectivity index (χ2n) is 5.10. The van der Waals surface area contributed by atoms with Crippen molar-refractivity contribution in [3.63, 3.8) is 0 Å². The van der Waals surface area contributed by atoms with Gasteiger partial charge in [-0.2, -0.15) is 0 Å². The van der Waals surface area contributed by atoms with Crippen molar-refractivity contribution >= 4 is 28.8 Å². The molecule has 0 unspecified atom stereocenters. The maximum atomic E-state index is 12.9. The molecule has 0 aliphatic rings. The minimum atomic E-state index is -0.237. The van der Waals surface area contributed by atoms with Gasteiger partial charge in [-0.05, 0) is 37.6 Å². The smallest absolute Gasteiger partial charge is 0.267 e. The number of halogens is 1. The first-order chi connectivity index (χ1) is 10.5. The maximum Gasteiger partial charge on any atom is 0.267 e. The van der Waals surface area contributed by atoms with Crippen LogP contribution in [0.4, 0.5) is 0 Å². The molecule has 5 heteroatoms. The zero-order valence-electron chi connectivity index (χ0n) is 12.1. The molecule has 3 rings (SSSR count). The Morgan fingerprint density at radius 1 is 1.18 bits per heavy atom. The number of aldehydes is 1. The van der Waals surface area contributed by atoms with Gasteiger partial charge in [0, 0.05) is 5.56 Å². The van der Waals surface area contributed by atoms with E-state index in [1.807, 2.05) is 13.0 Å². The summed E-state index contributed by atoms with van der Waals surface area (Å²) >= 11 is 6.20. The van der Waals surface area contributed by atoms with E-state index in [9.17, 15) is 9.59 Å². The number of hydrogen-bond donors (Lipinski definition) is 0. The second-order valence-corrected chi connectivity index (χ2v) is 5.51. The van der Waals surface area contributed by atoms with E-state index in [4.69, 9.17) is 11.6 Å². The van der Waals surface area contributed by atoms with Gasteiger partial charge in [-0.15, -0.1) is 0 Å². The monoisotopic (exact) mass is 312 g/mol. The van der Waals surface area contributed by atoms with Crippen molar-refractivity contribution in [2.24, 2.45) is 0 Å². The summed E-state index contributed by atoms with van der Waals surface area (Å²) in [5.74, 6) is 0.547. The molecule has 4 nitrogen and oxygen atoms in total. The summed E-state index contributed by atoms with van der Waals surface area (Å²) in [5.41, 5.74) is 2.36. The first-order valence-electron chi connectivity index (χ1n) is 6.77. The second kappa shape index (κ2) is 5.39. The molecule has 1 heterocycles. The number of fused-ring (bicyclic) bond motifs is 1. The Balaban J connectivity index is 2.43. The van der Waals surface area contributed by atoms with E-state index >= 15 is 0 Å². The molecule has 0 aliphatic carbocycles. The summed E-state index contributed by atoms with van der Waals surface area (Å²) in [6, 6.07) is 10.4. The highest BCUT2D eigenvalue weighted by Gasteiger charge is 2.14. The van der Waals surface area contributed by atoms with Gasteiger partial charge in [0.15, 0.2) is 0 Å². The van der Waals surface area contributed by atoms with Crippen molar-refractivity contribution in [2.45, 2.75) is 13.8 Å². The van der Waals surface area contributed by atoms with Gasteiger partial charge in [-0.3, -0.25) is 14.2 Å². The zero-order chi connectivity index (χ0) is 15.9. The van der Waals surface area contributed by atoms with Crippen molar-refractivity contribution in [1.29, 1.82) is 0 Å². The lowest BCUT2D eigenvalue weighted by molar-refractivity contribution is 0.112. The van der Waals surface area contributed by atoms with Gasteiger partial charge in [0.25, 0.3) is 5.56 Å². The fourth-order valence-corrected chi connectivity index (χ4v) is 2.76. The van der Waals surface area contributed by atoms with E-state index < -0.39 is 0 Å². The highest BCUT2D eigenvalue weighted by Crippen LogP contribution is 2.23. The molecule has 22 heavy (non-hydrogen) atoms. The van der Waals surface area contributed by atoms with E-state index in [-0.39, 0.29) is 5.56 Å². The van der Waals surface area contributed by atoms with Gasteiger partial charge in [0.1, 0.15) is 12.1 Å². The van der Waals surface area contributed by atoms with Gasteiger partial charge in [-0.25, -0.2) is 4.98 Å². The van der Waals surface area contributed by atoms with Crippen LogP contribution in [0.25, 0.3) is 16.6 Å². The quantitative estimate of drug-likeness (QED) is 0.681. The molecular formula is C17H13ClN2O2. The van der Waals surface area contributed by atoms with E-state index in [0.29, 0.717) is 33.0 Å². The van der Waals surface area contributed by atoms with Crippen LogP contribution in [-0.4, -0.2) is 15.8 Å². The molecule has 0 bridgehead atoms. The lowest BCUT2D eigenvalue weighted by Gasteiger charge is -2.13. The van der Waals surface area contributed by atoms with Crippen molar-refractivity contribution < 1.29 is 4.79 Å². The highest BCUT2D eigenvalue weighted by molar-refractivity contribution is 6.35. The third-order valence-electron chi connectivity index (χ3n) is 3.61. The Kier molecular flexibility index (Phi) is 3.54. The third kappa shape index (κ3) is 2.22. The third-order valence-corrected chi connectivity index (χ3v) is 3.92. The van der Waals surface area contributed by atoms with Crippen LogP contribution in [0.15, 0.2) is 41.2 Å². The molecule has 3 aromatic rings. The van der Waals surface area contributed by atoms with Gasteiger partial charge >= 0.3 is 0 Å². The summed E-state index contributed by atoms with van der Waals surface area (Å²) in [4.78, 5) is 28.3. The van der Waals surface area contributed by atoms with Crippen molar-refractivity contribution in [2.75, 3.05) is 0 Å². The fourth-order valence-electron chi connectivity index (χ4n) is 2.53. The Bertz CT molecular complexity index is 961. The number of carbonyl (C=O) groups is 1. The van der Waals surface area contributed by atoms with Gasteiger partial charge in [-0.1, -0.05) is 29.8 Å². The largest absolute Gasteiger partial charge is 0.298 e. The predicted octanol–water partition coefficient (Wildman–Crippen LogP) is 3.47. The summed E-state index contributed by atoms with van der Waals surface area (Å²) in [7, 11) is 0.